The zero-order chi connectivity index (χ0) is 13.7. The van der Waals surface area contributed by atoms with Crippen molar-refractivity contribution in [1.82, 2.24) is 0 Å². The van der Waals surface area contributed by atoms with E-state index in [2.05, 4.69) is 63.1 Å². The van der Waals surface area contributed by atoms with Crippen molar-refractivity contribution in [2.45, 2.75) is 40.2 Å². The fourth-order valence-corrected chi connectivity index (χ4v) is 2.41. The van der Waals surface area contributed by atoms with Gasteiger partial charge in [0.15, 0.2) is 0 Å². The highest BCUT2D eigenvalue weighted by Crippen LogP contribution is 2.27. The summed E-state index contributed by atoms with van der Waals surface area (Å²) in [6.07, 6.45) is 2.81. The van der Waals surface area contributed by atoms with E-state index in [0.29, 0.717) is 0 Å². The highest BCUT2D eigenvalue weighted by Gasteiger charge is 2.19. The molecule has 0 heterocycles. The number of anilines is 1. The molecule has 0 radical (unpaired) electrons. The summed E-state index contributed by atoms with van der Waals surface area (Å²) in [5, 5.41) is 0. The molecule has 0 spiro atoms. The first-order chi connectivity index (χ1) is 8.52. The number of para-hydroxylation sites is 1. The minimum Gasteiger partial charge on any atom is -0.328 e. The van der Waals surface area contributed by atoms with Gasteiger partial charge < -0.3 is 4.90 Å². The lowest BCUT2D eigenvalue weighted by Gasteiger charge is -2.32. The summed E-state index contributed by atoms with van der Waals surface area (Å²) in [6.45, 7) is 12.1. The van der Waals surface area contributed by atoms with Crippen LogP contribution in [0.25, 0.3) is 0 Å². The molecule has 1 aromatic carbocycles. The molecule has 1 rings (SSSR count). The number of nitrogens with zero attached hydrogens (tertiary/aromatic N) is 1. The van der Waals surface area contributed by atoms with E-state index >= 15 is 0 Å². The van der Waals surface area contributed by atoms with Gasteiger partial charge in [0, 0.05) is 5.69 Å². The topological polar surface area (TPSA) is 3.24 Å². The second-order valence-electron chi connectivity index (χ2n) is 4.47. The molecule has 0 aromatic heterocycles. The predicted molar refractivity (Wildman–Crippen MR) is 84.5 cm³/mol. The largest absolute Gasteiger partial charge is 0.328 e. The predicted octanol–water partition coefficient (Wildman–Crippen LogP) is 4.58. The molecule has 0 aliphatic heterocycles. The number of hydrogen-bond acceptors (Lipinski definition) is 1. The first-order valence-electron chi connectivity index (χ1n) is 6.27. The zero-order valence-corrected chi connectivity index (χ0v) is 12.5. The minimum absolute atomic E-state index is 0.176. The first-order valence-corrected chi connectivity index (χ1v) is 6.68. The summed E-state index contributed by atoms with van der Waals surface area (Å²) in [4.78, 5) is 3.16. The van der Waals surface area contributed by atoms with Crippen molar-refractivity contribution in [3.8, 4) is 0 Å². The Balaban J connectivity index is 3.34. The SMILES string of the molecule is C=C=CC(C)N(C(=S)CC)c1c(C)cccc1C. The molecule has 0 bridgehead atoms. The van der Waals surface area contributed by atoms with Crippen LogP contribution >= 0.6 is 12.2 Å². The van der Waals surface area contributed by atoms with Crippen LogP contribution in [0.2, 0.25) is 0 Å². The molecule has 1 nitrogen and oxygen atoms in total. The van der Waals surface area contributed by atoms with Crippen LogP contribution in [-0.2, 0) is 0 Å². The summed E-state index contributed by atoms with van der Waals surface area (Å²) in [5.41, 5.74) is 6.56. The van der Waals surface area contributed by atoms with Crippen LogP contribution in [0.4, 0.5) is 5.69 Å². The van der Waals surface area contributed by atoms with Gasteiger partial charge in [-0.2, -0.15) is 0 Å². The molecule has 0 saturated heterocycles. The maximum atomic E-state index is 5.53. The lowest BCUT2D eigenvalue weighted by molar-refractivity contribution is 0.875. The Hall–Kier alpha value is -1.37. The summed E-state index contributed by atoms with van der Waals surface area (Å²) in [7, 11) is 0. The van der Waals surface area contributed by atoms with Crippen LogP contribution in [0.1, 0.15) is 31.4 Å². The summed E-state index contributed by atoms with van der Waals surface area (Å²) in [5.74, 6) is 0. The Morgan fingerprint density at radius 1 is 1.44 bits per heavy atom. The van der Waals surface area contributed by atoms with Gasteiger partial charge in [0.1, 0.15) is 0 Å². The van der Waals surface area contributed by atoms with E-state index in [-0.39, 0.29) is 6.04 Å². The van der Waals surface area contributed by atoms with Crippen molar-refractivity contribution >= 4 is 22.9 Å². The molecule has 0 aliphatic rings. The van der Waals surface area contributed by atoms with Gasteiger partial charge in [-0.05, 0) is 44.4 Å². The smallest absolute Gasteiger partial charge is 0.0826 e. The molecule has 1 atom stereocenters. The summed E-state index contributed by atoms with van der Waals surface area (Å²) >= 11 is 5.53. The average molecular weight is 259 g/mol. The lowest BCUT2D eigenvalue weighted by atomic mass is 10.1. The normalized spacial score (nSPS) is 11.6. The van der Waals surface area contributed by atoms with E-state index in [0.717, 1.165) is 11.4 Å². The van der Waals surface area contributed by atoms with E-state index in [1.54, 1.807) is 0 Å². The molecule has 0 saturated carbocycles. The van der Waals surface area contributed by atoms with Crippen molar-refractivity contribution in [1.29, 1.82) is 0 Å². The molecule has 0 amide bonds. The molecule has 96 valence electrons. The lowest BCUT2D eigenvalue weighted by Crippen LogP contribution is -2.37. The number of thiocarbonyl (C=S) groups is 1. The van der Waals surface area contributed by atoms with Gasteiger partial charge in [-0.15, -0.1) is 5.73 Å². The van der Waals surface area contributed by atoms with Gasteiger partial charge in [-0.3, -0.25) is 0 Å². The Kier molecular flexibility index (Phi) is 5.33. The molecule has 2 heteroatoms. The number of hydrogen-bond donors (Lipinski definition) is 0. The molecule has 0 aliphatic carbocycles. The summed E-state index contributed by atoms with van der Waals surface area (Å²) in [6, 6.07) is 6.50. The Labute approximate surface area is 116 Å². The maximum absolute atomic E-state index is 5.53. The Bertz CT molecular complexity index is 464. The van der Waals surface area contributed by atoms with Crippen LogP contribution < -0.4 is 4.90 Å². The van der Waals surface area contributed by atoms with Crippen molar-refractivity contribution in [3.63, 3.8) is 0 Å². The van der Waals surface area contributed by atoms with Crippen molar-refractivity contribution < 1.29 is 0 Å². The Morgan fingerprint density at radius 2 is 2.00 bits per heavy atom. The second kappa shape index (κ2) is 6.53. The Morgan fingerprint density at radius 3 is 2.44 bits per heavy atom. The van der Waals surface area contributed by atoms with E-state index in [9.17, 15) is 0 Å². The molecular weight excluding hydrogens is 238 g/mol. The third-order valence-corrected chi connectivity index (χ3v) is 3.50. The van der Waals surface area contributed by atoms with Crippen LogP contribution in [0.15, 0.2) is 36.6 Å². The first kappa shape index (κ1) is 14.7. The van der Waals surface area contributed by atoms with Crippen molar-refractivity contribution in [3.05, 3.63) is 47.7 Å². The van der Waals surface area contributed by atoms with Crippen LogP contribution in [-0.4, -0.2) is 11.0 Å². The molecular formula is C16H21NS. The molecule has 1 aromatic rings. The summed E-state index contributed by atoms with van der Waals surface area (Å²) < 4.78 is 0. The van der Waals surface area contributed by atoms with Crippen molar-refractivity contribution in [2.75, 3.05) is 4.90 Å². The highest BCUT2D eigenvalue weighted by atomic mass is 32.1. The fraction of sp³-hybridized carbons (Fsp3) is 0.375. The van der Waals surface area contributed by atoms with Gasteiger partial charge in [-0.1, -0.05) is 43.9 Å². The zero-order valence-electron chi connectivity index (χ0n) is 11.7. The molecule has 18 heavy (non-hydrogen) atoms. The monoisotopic (exact) mass is 259 g/mol. The van der Waals surface area contributed by atoms with E-state index < -0.39 is 0 Å². The minimum atomic E-state index is 0.176. The van der Waals surface area contributed by atoms with E-state index in [1.807, 2.05) is 6.08 Å². The maximum Gasteiger partial charge on any atom is 0.0826 e. The second-order valence-corrected chi connectivity index (χ2v) is 4.94. The third kappa shape index (κ3) is 3.10. The highest BCUT2D eigenvalue weighted by molar-refractivity contribution is 7.80. The van der Waals surface area contributed by atoms with Crippen molar-refractivity contribution in [2.24, 2.45) is 0 Å². The van der Waals surface area contributed by atoms with Gasteiger partial charge in [-0.25, -0.2) is 0 Å². The van der Waals surface area contributed by atoms with Gasteiger partial charge in [0.05, 0.1) is 11.0 Å². The quantitative estimate of drug-likeness (QED) is 0.575. The fourth-order valence-electron chi connectivity index (χ4n) is 2.16. The third-order valence-electron chi connectivity index (χ3n) is 3.02. The average Bonchev–Trinajstić information content (AvgIpc) is 2.33. The van der Waals surface area contributed by atoms with Crippen LogP contribution in [0.3, 0.4) is 0 Å². The molecule has 1 unspecified atom stereocenters. The standard InChI is InChI=1S/C16H21NS/c1-6-9-14(5)17(15(18)7-2)16-12(3)10-8-11-13(16)4/h8-11,14H,1,7H2,2-5H3. The number of benzene rings is 1. The molecule has 0 fully saturated rings. The van der Waals surface area contributed by atoms with Crippen LogP contribution in [0.5, 0.6) is 0 Å². The van der Waals surface area contributed by atoms with Gasteiger partial charge in [0.2, 0.25) is 0 Å². The van der Waals surface area contributed by atoms with Gasteiger partial charge >= 0.3 is 0 Å². The number of aryl methyl sites for hydroxylation is 2. The molecule has 0 N–H and O–H groups in total. The van der Waals surface area contributed by atoms with E-state index in [4.69, 9.17) is 12.2 Å². The van der Waals surface area contributed by atoms with Crippen LogP contribution in [0, 0.1) is 13.8 Å². The number of rotatable bonds is 4. The van der Waals surface area contributed by atoms with Gasteiger partial charge in [0.25, 0.3) is 0 Å². The van der Waals surface area contributed by atoms with E-state index in [1.165, 1.54) is 16.8 Å².